The number of hydrogen-bond donors (Lipinski definition) is 0. The number of aromatic nitrogens is 4. The lowest BCUT2D eigenvalue weighted by Gasteiger charge is -2.15. The number of rotatable bonds is 7. The number of fused-ring (bicyclic) bond motifs is 7. The molecule has 3 heterocycles. The summed E-state index contributed by atoms with van der Waals surface area (Å²) in [5.41, 5.74) is 17.6. The molecule has 0 fully saturated rings. The van der Waals surface area contributed by atoms with E-state index in [1.807, 2.05) is 0 Å². The van der Waals surface area contributed by atoms with Crippen molar-refractivity contribution >= 4 is 54.5 Å². The second-order valence-corrected chi connectivity index (χ2v) is 17.0. The first-order valence-corrected chi connectivity index (χ1v) is 22.5. The monoisotopic (exact) mass is 840 g/mol. The van der Waals surface area contributed by atoms with E-state index in [4.69, 9.17) is 9.97 Å². The van der Waals surface area contributed by atoms with Crippen LogP contribution in [0.1, 0.15) is 0 Å². The quantitative estimate of drug-likeness (QED) is 0.150. The zero-order valence-corrected chi connectivity index (χ0v) is 35.9. The molecular weight excluding hydrogens is 801 g/mol. The van der Waals surface area contributed by atoms with Gasteiger partial charge in [-0.15, -0.1) is 0 Å². The Balaban J connectivity index is 0.958. The summed E-state index contributed by atoms with van der Waals surface area (Å²) in [5, 5.41) is 5.85. The zero-order chi connectivity index (χ0) is 43.6. The van der Waals surface area contributed by atoms with Crippen molar-refractivity contribution in [3.63, 3.8) is 0 Å². The van der Waals surface area contributed by atoms with E-state index in [0.29, 0.717) is 0 Å². The molecule has 13 rings (SSSR count). The smallest absolute Gasteiger partial charge is 0.145 e. The zero-order valence-electron chi connectivity index (χ0n) is 35.9. The molecule has 0 amide bonds. The van der Waals surface area contributed by atoms with Gasteiger partial charge in [-0.1, -0.05) is 182 Å². The first-order chi connectivity index (χ1) is 32.7. The van der Waals surface area contributed by atoms with E-state index in [0.717, 1.165) is 94.6 Å². The van der Waals surface area contributed by atoms with Crippen LogP contribution in [-0.4, -0.2) is 19.1 Å². The number of hydrogen-bond acceptors (Lipinski definition) is 2. The summed E-state index contributed by atoms with van der Waals surface area (Å²) in [6.45, 7) is 0. The van der Waals surface area contributed by atoms with Gasteiger partial charge in [-0.25, -0.2) is 9.97 Å². The van der Waals surface area contributed by atoms with Crippen molar-refractivity contribution in [2.45, 2.75) is 0 Å². The molecule has 0 N–H and O–H groups in total. The van der Waals surface area contributed by atoms with Gasteiger partial charge in [0.05, 0.1) is 33.3 Å². The van der Waals surface area contributed by atoms with Crippen LogP contribution in [0.25, 0.3) is 122 Å². The van der Waals surface area contributed by atoms with Crippen molar-refractivity contribution in [2.75, 3.05) is 0 Å². The highest BCUT2D eigenvalue weighted by Gasteiger charge is 2.20. The fraction of sp³-hybridized carbons (Fsp3) is 0. The minimum absolute atomic E-state index is 0.898. The van der Waals surface area contributed by atoms with E-state index >= 15 is 0 Å². The largest absolute Gasteiger partial charge is 0.309 e. The molecule has 0 aliphatic heterocycles. The van der Waals surface area contributed by atoms with Crippen molar-refractivity contribution in [3.05, 3.63) is 243 Å². The highest BCUT2D eigenvalue weighted by Crippen LogP contribution is 2.41. The molecule has 308 valence electrons. The molecule has 4 heteroatoms. The minimum Gasteiger partial charge on any atom is -0.309 e. The molecule has 0 saturated heterocycles. The van der Waals surface area contributed by atoms with E-state index in [-0.39, 0.29) is 0 Å². The summed E-state index contributed by atoms with van der Waals surface area (Å²) in [5.74, 6) is 0.898. The second kappa shape index (κ2) is 15.4. The lowest BCUT2D eigenvalue weighted by Crippen LogP contribution is -1.99. The summed E-state index contributed by atoms with van der Waals surface area (Å²) in [7, 11) is 0. The predicted octanol–water partition coefficient (Wildman–Crippen LogP) is 16.2. The van der Waals surface area contributed by atoms with Gasteiger partial charge < -0.3 is 4.57 Å². The van der Waals surface area contributed by atoms with E-state index in [9.17, 15) is 0 Å². The predicted molar refractivity (Wildman–Crippen MR) is 275 cm³/mol. The molecule has 0 aliphatic rings. The van der Waals surface area contributed by atoms with Gasteiger partial charge in [0.15, 0.2) is 0 Å². The fourth-order valence-electron chi connectivity index (χ4n) is 9.94. The van der Waals surface area contributed by atoms with Crippen molar-refractivity contribution in [2.24, 2.45) is 0 Å². The first-order valence-electron chi connectivity index (χ1n) is 22.5. The molecule has 0 spiro atoms. The van der Waals surface area contributed by atoms with Gasteiger partial charge in [0.25, 0.3) is 0 Å². The topological polar surface area (TPSA) is 35.6 Å². The maximum atomic E-state index is 5.37. The maximum absolute atomic E-state index is 5.37. The van der Waals surface area contributed by atoms with Gasteiger partial charge in [0, 0.05) is 44.0 Å². The van der Waals surface area contributed by atoms with Gasteiger partial charge in [0.2, 0.25) is 0 Å². The van der Waals surface area contributed by atoms with E-state index in [1.165, 1.54) is 27.3 Å². The summed E-state index contributed by atoms with van der Waals surface area (Å²) in [4.78, 5) is 10.7. The van der Waals surface area contributed by atoms with Crippen molar-refractivity contribution < 1.29 is 0 Å². The SMILES string of the molecule is c1ccc(-c2cc(-c3ccccc3)cc(-n3c(-c4ccc(-c5ccc6c7cc8nc(-c9ccccc9)c9ccccc9c8cc7n(-c7ccccc7)c6c5)cc4)nc4ccccc43)c2)cc1. The Hall–Kier alpha value is -8.86. The Kier molecular flexibility index (Phi) is 8.81. The number of nitrogens with zero attached hydrogens (tertiary/aromatic N) is 4. The number of para-hydroxylation sites is 3. The highest BCUT2D eigenvalue weighted by molar-refractivity contribution is 6.19. The molecule has 0 radical (unpaired) electrons. The molecule has 13 aromatic rings. The molecule has 0 aliphatic carbocycles. The van der Waals surface area contributed by atoms with Gasteiger partial charge in [0.1, 0.15) is 5.82 Å². The molecule has 0 saturated carbocycles. The standard InChI is InChI=1S/C62H40N4/c1-5-17-41(18-6-1)47-35-48(42-19-7-2-8-20-42)37-50(36-47)66-58-28-16-15-27-56(58)64-62(66)45-31-29-43(30-32-45)46-33-34-52-55-39-57-54(40-60(55)65(59(52)38-46)49-23-11-4-12-24-49)51-25-13-14-26-53(51)61(63-57)44-21-9-3-10-22-44/h1-40H. The summed E-state index contributed by atoms with van der Waals surface area (Å²) in [6.07, 6.45) is 0. The third-order valence-corrected chi connectivity index (χ3v) is 13.1. The van der Waals surface area contributed by atoms with Crippen molar-refractivity contribution in [1.29, 1.82) is 0 Å². The third kappa shape index (κ3) is 6.30. The fourth-order valence-corrected chi connectivity index (χ4v) is 9.94. The van der Waals surface area contributed by atoms with E-state index < -0.39 is 0 Å². The Labute approximate surface area is 382 Å². The molecule has 66 heavy (non-hydrogen) atoms. The molecule has 0 bridgehead atoms. The van der Waals surface area contributed by atoms with Crippen molar-refractivity contribution in [1.82, 2.24) is 19.1 Å². The van der Waals surface area contributed by atoms with E-state index in [1.54, 1.807) is 0 Å². The number of imidazole rings is 1. The van der Waals surface area contributed by atoms with Crippen LogP contribution >= 0.6 is 0 Å². The lowest BCUT2D eigenvalue weighted by molar-refractivity contribution is 1.10. The molecule has 10 aromatic carbocycles. The average Bonchev–Trinajstić information content (AvgIpc) is 3.94. The van der Waals surface area contributed by atoms with Gasteiger partial charge in [-0.3, -0.25) is 4.57 Å². The van der Waals surface area contributed by atoms with Crippen LogP contribution in [0, 0.1) is 0 Å². The maximum Gasteiger partial charge on any atom is 0.145 e. The number of benzene rings is 10. The van der Waals surface area contributed by atoms with Crippen molar-refractivity contribution in [3.8, 4) is 67.4 Å². The molecule has 0 unspecified atom stereocenters. The van der Waals surface area contributed by atoms with Crippen LogP contribution in [0.2, 0.25) is 0 Å². The molecular formula is C62H40N4. The van der Waals surface area contributed by atoms with Crippen LogP contribution in [0.3, 0.4) is 0 Å². The Morgan fingerprint density at radius 3 is 1.48 bits per heavy atom. The Bertz CT molecular complexity index is 3890. The van der Waals surface area contributed by atoms with E-state index in [2.05, 4.69) is 252 Å². The Morgan fingerprint density at radius 1 is 0.242 bits per heavy atom. The third-order valence-electron chi connectivity index (χ3n) is 13.1. The number of pyridine rings is 1. The van der Waals surface area contributed by atoms with Gasteiger partial charge in [-0.05, 0) is 99.4 Å². The summed E-state index contributed by atoms with van der Waals surface area (Å²) >= 11 is 0. The molecule has 3 aromatic heterocycles. The normalized spacial score (nSPS) is 11.6. The summed E-state index contributed by atoms with van der Waals surface area (Å²) in [6, 6.07) is 86.9. The van der Waals surface area contributed by atoms with Crippen LogP contribution in [0.5, 0.6) is 0 Å². The summed E-state index contributed by atoms with van der Waals surface area (Å²) < 4.78 is 4.73. The lowest BCUT2D eigenvalue weighted by atomic mass is 9.97. The highest BCUT2D eigenvalue weighted by atomic mass is 15.1. The molecule has 4 nitrogen and oxygen atoms in total. The molecule has 0 atom stereocenters. The van der Waals surface area contributed by atoms with Crippen LogP contribution in [0.15, 0.2) is 243 Å². The Morgan fingerprint density at radius 2 is 0.788 bits per heavy atom. The van der Waals surface area contributed by atoms with Gasteiger partial charge in [-0.2, -0.15) is 0 Å². The van der Waals surface area contributed by atoms with Crippen LogP contribution in [-0.2, 0) is 0 Å². The second-order valence-electron chi connectivity index (χ2n) is 17.0. The minimum atomic E-state index is 0.898. The van der Waals surface area contributed by atoms with Crippen LogP contribution in [0.4, 0.5) is 0 Å². The van der Waals surface area contributed by atoms with Crippen LogP contribution < -0.4 is 0 Å². The van der Waals surface area contributed by atoms with Gasteiger partial charge >= 0.3 is 0 Å². The average molecular weight is 841 g/mol. The first kappa shape index (κ1) is 37.7.